The second-order valence-corrected chi connectivity index (χ2v) is 6.25. The standard InChI is InChI=1S/C16H11ClFN3O3S/c17-10-3-6-13-12(7-10)19-16(24-13)25-8-14(22)20-21-15(23)9-1-4-11(18)5-2-9/h1-7H,8H2,(H,20,22)(H,21,23). The highest BCUT2D eigenvalue weighted by Crippen LogP contribution is 2.25. The minimum Gasteiger partial charge on any atom is -0.431 e. The summed E-state index contributed by atoms with van der Waals surface area (Å²) >= 11 is 6.95. The molecule has 0 aliphatic heterocycles. The van der Waals surface area contributed by atoms with Crippen LogP contribution in [-0.2, 0) is 4.79 Å². The largest absolute Gasteiger partial charge is 0.431 e. The summed E-state index contributed by atoms with van der Waals surface area (Å²) in [5.74, 6) is -1.45. The van der Waals surface area contributed by atoms with E-state index in [4.69, 9.17) is 16.0 Å². The highest BCUT2D eigenvalue weighted by atomic mass is 35.5. The molecule has 2 aromatic carbocycles. The van der Waals surface area contributed by atoms with E-state index in [0.717, 1.165) is 23.9 Å². The first-order valence-corrected chi connectivity index (χ1v) is 8.41. The van der Waals surface area contributed by atoms with Crippen LogP contribution in [0.3, 0.4) is 0 Å². The number of halogens is 2. The van der Waals surface area contributed by atoms with Gasteiger partial charge in [-0.05, 0) is 42.5 Å². The monoisotopic (exact) mass is 379 g/mol. The van der Waals surface area contributed by atoms with Crippen molar-refractivity contribution in [1.82, 2.24) is 15.8 Å². The average Bonchev–Trinajstić information content (AvgIpc) is 3.00. The minimum absolute atomic E-state index is 0.00967. The van der Waals surface area contributed by atoms with Gasteiger partial charge >= 0.3 is 0 Å². The summed E-state index contributed by atoms with van der Waals surface area (Å²) in [6.45, 7) is 0. The number of thioether (sulfide) groups is 1. The van der Waals surface area contributed by atoms with Crippen LogP contribution in [0.4, 0.5) is 4.39 Å². The molecule has 0 atom stereocenters. The molecule has 1 aromatic heterocycles. The van der Waals surface area contributed by atoms with Crippen LogP contribution >= 0.6 is 23.4 Å². The third-order valence-electron chi connectivity index (χ3n) is 3.08. The van der Waals surface area contributed by atoms with Crippen LogP contribution in [0.15, 0.2) is 52.1 Å². The van der Waals surface area contributed by atoms with Crippen molar-refractivity contribution in [2.75, 3.05) is 5.75 Å². The number of benzene rings is 2. The van der Waals surface area contributed by atoms with E-state index in [0.29, 0.717) is 21.3 Å². The van der Waals surface area contributed by atoms with Crippen LogP contribution in [0.5, 0.6) is 0 Å². The molecule has 0 saturated carbocycles. The number of rotatable bonds is 4. The number of hydrogen-bond acceptors (Lipinski definition) is 5. The van der Waals surface area contributed by atoms with Gasteiger partial charge in [0.2, 0.25) is 5.91 Å². The lowest BCUT2D eigenvalue weighted by Gasteiger charge is -2.06. The Morgan fingerprint density at radius 2 is 1.92 bits per heavy atom. The van der Waals surface area contributed by atoms with Crippen LogP contribution in [-0.4, -0.2) is 22.6 Å². The number of amides is 2. The third-order valence-corrected chi connectivity index (χ3v) is 4.14. The van der Waals surface area contributed by atoms with Crippen LogP contribution in [0.2, 0.25) is 5.02 Å². The van der Waals surface area contributed by atoms with E-state index in [9.17, 15) is 14.0 Å². The van der Waals surface area contributed by atoms with Crippen LogP contribution in [0.25, 0.3) is 11.1 Å². The van der Waals surface area contributed by atoms with Crippen LogP contribution < -0.4 is 10.9 Å². The number of aromatic nitrogens is 1. The number of hydrazine groups is 1. The van der Waals surface area contributed by atoms with Crippen molar-refractivity contribution in [3.8, 4) is 0 Å². The molecule has 0 aliphatic rings. The van der Waals surface area contributed by atoms with Gasteiger partial charge in [-0.2, -0.15) is 0 Å². The Labute approximate surface area is 150 Å². The first-order valence-electron chi connectivity index (χ1n) is 7.05. The summed E-state index contributed by atoms with van der Waals surface area (Å²) in [5, 5.41) is 0.857. The molecule has 1 heterocycles. The molecule has 0 radical (unpaired) electrons. The number of nitrogens with zero attached hydrogens (tertiary/aromatic N) is 1. The van der Waals surface area contributed by atoms with Gasteiger partial charge in [0, 0.05) is 10.6 Å². The number of carbonyl (C=O) groups is 2. The molecule has 0 bridgehead atoms. The van der Waals surface area contributed by atoms with Crippen molar-refractivity contribution >= 4 is 46.3 Å². The Hall–Kier alpha value is -2.58. The van der Waals surface area contributed by atoms with Gasteiger partial charge < -0.3 is 4.42 Å². The summed E-state index contributed by atoms with van der Waals surface area (Å²) < 4.78 is 18.3. The summed E-state index contributed by atoms with van der Waals surface area (Å²) in [4.78, 5) is 27.8. The van der Waals surface area contributed by atoms with E-state index in [1.54, 1.807) is 18.2 Å². The third kappa shape index (κ3) is 4.49. The maximum absolute atomic E-state index is 12.8. The molecule has 0 spiro atoms. The molecule has 25 heavy (non-hydrogen) atoms. The Bertz CT molecular complexity index is 930. The van der Waals surface area contributed by atoms with Gasteiger partial charge in [-0.15, -0.1) is 0 Å². The summed E-state index contributed by atoms with van der Waals surface area (Å²) in [5.41, 5.74) is 5.90. The second-order valence-electron chi connectivity index (χ2n) is 4.89. The molecule has 0 aliphatic carbocycles. The molecule has 3 rings (SSSR count). The van der Waals surface area contributed by atoms with Crippen LogP contribution in [0, 0.1) is 5.82 Å². The van der Waals surface area contributed by atoms with Crippen LogP contribution in [0.1, 0.15) is 10.4 Å². The van der Waals surface area contributed by atoms with E-state index in [1.807, 2.05) is 0 Å². The Balaban J connectivity index is 1.50. The zero-order valence-electron chi connectivity index (χ0n) is 12.6. The zero-order chi connectivity index (χ0) is 17.8. The number of nitrogens with one attached hydrogen (secondary N) is 2. The minimum atomic E-state index is -0.546. The molecular weight excluding hydrogens is 369 g/mol. The Kier molecular flexibility index (Phi) is 5.20. The predicted molar refractivity (Wildman–Crippen MR) is 91.8 cm³/mol. The smallest absolute Gasteiger partial charge is 0.269 e. The van der Waals surface area contributed by atoms with E-state index >= 15 is 0 Å². The molecule has 128 valence electrons. The van der Waals surface area contributed by atoms with Gasteiger partial charge in [0.05, 0.1) is 5.75 Å². The molecule has 2 N–H and O–H groups in total. The van der Waals surface area contributed by atoms with E-state index in [2.05, 4.69) is 15.8 Å². The van der Waals surface area contributed by atoms with Crippen molar-refractivity contribution in [2.45, 2.75) is 5.22 Å². The fourth-order valence-corrected chi connectivity index (χ4v) is 2.71. The van der Waals surface area contributed by atoms with Gasteiger partial charge in [-0.25, -0.2) is 9.37 Å². The zero-order valence-corrected chi connectivity index (χ0v) is 14.2. The highest BCUT2D eigenvalue weighted by molar-refractivity contribution is 7.99. The number of oxazole rings is 1. The quantitative estimate of drug-likeness (QED) is 0.537. The van der Waals surface area contributed by atoms with Gasteiger partial charge in [0.25, 0.3) is 11.1 Å². The molecule has 0 fully saturated rings. The normalized spacial score (nSPS) is 10.6. The number of carbonyl (C=O) groups excluding carboxylic acids is 2. The van der Waals surface area contributed by atoms with E-state index in [1.165, 1.54) is 12.1 Å². The lowest BCUT2D eigenvalue weighted by Crippen LogP contribution is -2.42. The number of hydrogen-bond donors (Lipinski definition) is 2. The molecular formula is C16H11ClFN3O3S. The van der Waals surface area contributed by atoms with Crippen molar-refractivity contribution in [3.05, 3.63) is 58.9 Å². The number of fused-ring (bicyclic) bond motifs is 1. The fraction of sp³-hybridized carbons (Fsp3) is 0.0625. The van der Waals surface area contributed by atoms with Gasteiger partial charge in [-0.1, -0.05) is 23.4 Å². The van der Waals surface area contributed by atoms with Crippen molar-refractivity contribution in [1.29, 1.82) is 0 Å². The summed E-state index contributed by atoms with van der Waals surface area (Å²) in [7, 11) is 0. The van der Waals surface area contributed by atoms with E-state index in [-0.39, 0.29) is 11.3 Å². The molecule has 0 saturated heterocycles. The highest BCUT2D eigenvalue weighted by Gasteiger charge is 2.11. The maximum Gasteiger partial charge on any atom is 0.269 e. The van der Waals surface area contributed by atoms with Crippen molar-refractivity contribution in [3.63, 3.8) is 0 Å². The Morgan fingerprint density at radius 1 is 1.16 bits per heavy atom. The summed E-state index contributed by atoms with van der Waals surface area (Å²) in [6, 6.07) is 9.98. The maximum atomic E-state index is 12.8. The molecule has 3 aromatic rings. The predicted octanol–water partition coefficient (Wildman–Crippen LogP) is 3.17. The van der Waals surface area contributed by atoms with E-state index < -0.39 is 17.6 Å². The van der Waals surface area contributed by atoms with Crippen molar-refractivity contribution in [2.24, 2.45) is 0 Å². The lowest BCUT2D eigenvalue weighted by molar-refractivity contribution is -0.119. The van der Waals surface area contributed by atoms with Crippen molar-refractivity contribution < 1.29 is 18.4 Å². The molecule has 9 heteroatoms. The van der Waals surface area contributed by atoms with Gasteiger partial charge in [-0.3, -0.25) is 20.4 Å². The lowest BCUT2D eigenvalue weighted by atomic mass is 10.2. The summed E-state index contributed by atoms with van der Waals surface area (Å²) in [6.07, 6.45) is 0. The molecule has 0 unspecified atom stereocenters. The molecule has 2 amide bonds. The fourth-order valence-electron chi connectivity index (χ4n) is 1.90. The van der Waals surface area contributed by atoms with Gasteiger partial charge in [0.15, 0.2) is 5.58 Å². The SMILES string of the molecule is O=C(CSc1nc2cc(Cl)ccc2o1)NNC(=O)c1ccc(F)cc1. The molecule has 6 nitrogen and oxygen atoms in total. The van der Waals surface area contributed by atoms with Gasteiger partial charge in [0.1, 0.15) is 11.3 Å². The first kappa shape index (κ1) is 17.2. The average molecular weight is 380 g/mol. The topological polar surface area (TPSA) is 84.2 Å². The first-order chi connectivity index (χ1) is 12.0. The Morgan fingerprint density at radius 3 is 2.68 bits per heavy atom. The second kappa shape index (κ2) is 7.54.